The standard InChI is InChI=1S/C18H17N3/c19-12-21-10-4-9-18(21,20)17-8-3-7-15-14-6-2-1-5-13(14)11-16(15)17/h1-3,5-8H,4,9-11,20H2. The molecular weight excluding hydrogens is 258 g/mol. The molecule has 0 amide bonds. The van der Waals surface area contributed by atoms with E-state index in [1.807, 2.05) is 0 Å². The molecule has 1 unspecified atom stereocenters. The van der Waals surface area contributed by atoms with Crippen molar-refractivity contribution >= 4 is 0 Å². The SMILES string of the molecule is N#CN1CCCC1(N)c1cccc2c1Cc1ccccc1-2. The average Bonchev–Trinajstić information content (AvgIpc) is 3.07. The summed E-state index contributed by atoms with van der Waals surface area (Å²) >= 11 is 0. The molecule has 21 heavy (non-hydrogen) atoms. The second-order valence-corrected chi connectivity index (χ2v) is 5.95. The van der Waals surface area contributed by atoms with Gasteiger partial charge in [0.05, 0.1) is 0 Å². The lowest BCUT2D eigenvalue weighted by molar-refractivity contribution is 0.221. The summed E-state index contributed by atoms with van der Waals surface area (Å²) in [6.07, 6.45) is 5.00. The van der Waals surface area contributed by atoms with Crippen LogP contribution in [-0.4, -0.2) is 11.4 Å². The maximum atomic E-state index is 9.38. The van der Waals surface area contributed by atoms with Crippen LogP contribution in [-0.2, 0) is 12.1 Å². The Morgan fingerprint density at radius 3 is 2.76 bits per heavy atom. The van der Waals surface area contributed by atoms with Gasteiger partial charge in [-0.25, -0.2) is 0 Å². The largest absolute Gasteiger partial charge is 0.304 e. The monoisotopic (exact) mass is 275 g/mol. The molecule has 3 nitrogen and oxygen atoms in total. The first kappa shape index (κ1) is 12.4. The van der Waals surface area contributed by atoms with E-state index >= 15 is 0 Å². The van der Waals surface area contributed by atoms with Gasteiger partial charge in [0.1, 0.15) is 5.66 Å². The van der Waals surface area contributed by atoms with Crippen LogP contribution in [0.1, 0.15) is 29.5 Å². The van der Waals surface area contributed by atoms with Crippen molar-refractivity contribution in [1.82, 2.24) is 4.90 Å². The van der Waals surface area contributed by atoms with Crippen molar-refractivity contribution in [3.8, 4) is 17.3 Å². The first-order valence-corrected chi connectivity index (χ1v) is 7.41. The Balaban J connectivity index is 1.89. The molecule has 0 spiro atoms. The van der Waals surface area contributed by atoms with Crippen molar-refractivity contribution in [2.75, 3.05) is 6.54 Å². The van der Waals surface area contributed by atoms with E-state index in [0.29, 0.717) is 0 Å². The van der Waals surface area contributed by atoms with E-state index in [2.05, 4.69) is 48.7 Å². The lowest BCUT2D eigenvalue weighted by Gasteiger charge is -2.33. The number of rotatable bonds is 1. The lowest BCUT2D eigenvalue weighted by Crippen LogP contribution is -2.47. The number of benzene rings is 2. The summed E-state index contributed by atoms with van der Waals surface area (Å²) in [5.41, 5.74) is 12.4. The number of hydrogen-bond acceptors (Lipinski definition) is 3. The molecule has 0 radical (unpaired) electrons. The average molecular weight is 275 g/mol. The summed E-state index contributed by atoms with van der Waals surface area (Å²) < 4.78 is 0. The second kappa shape index (κ2) is 4.34. The van der Waals surface area contributed by atoms with E-state index in [1.165, 1.54) is 22.3 Å². The van der Waals surface area contributed by atoms with Gasteiger partial charge in [-0.2, -0.15) is 5.26 Å². The van der Waals surface area contributed by atoms with Crippen molar-refractivity contribution in [2.24, 2.45) is 5.73 Å². The van der Waals surface area contributed by atoms with Crippen molar-refractivity contribution in [2.45, 2.75) is 24.9 Å². The Morgan fingerprint density at radius 2 is 1.90 bits per heavy atom. The second-order valence-electron chi connectivity index (χ2n) is 5.95. The molecule has 1 atom stereocenters. The van der Waals surface area contributed by atoms with Crippen LogP contribution in [0.25, 0.3) is 11.1 Å². The smallest absolute Gasteiger partial charge is 0.181 e. The summed E-state index contributed by atoms with van der Waals surface area (Å²) in [6, 6.07) is 14.8. The normalized spacial score (nSPS) is 22.8. The third-order valence-electron chi connectivity index (χ3n) is 4.86. The predicted octanol–water partition coefficient (Wildman–Crippen LogP) is 2.95. The summed E-state index contributed by atoms with van der Waals surface area (Å²) in [6.45, 7) is 0.754. The molecule has 1 saturated heterocycles. The first-order valence-electron chi connectivity index (χ1n) is 7.41. The topological polar surface area (TPSA) is 53.0 Å². The molecule has 2 aliphatic rings. The van der Waals surface area contributed by atoms with E-state index in [1.54, 1.807) is 4.90 Å². The summed E-state index contributed by atoms with van der Waals surface area (Å²) in [5, 5.41) is 9.38. The van der Waals surface area contributed by atoms with Gasteiger partial charge in [0, 0.05) is 6.54 Å². The first-order chi connectivity index (χ1) is 10.2. The van der Waals surface area contributed by atoms with Crippen molar-refractivity contribution < 1.29 is 0 Å². The Hall–Kier alpha value is -2.31. The zero-order valence-corrected chi connectivity index (χ0v) is 11.8. The quantitative estimate of drug-likeness (QED) is 0.695. The molecule has 104 valence electrons. The van der Waals surface area contributed by atoms with Crippen molar-refractivity contribution in [3.05, 3.63) is 59.2 Å². The van der Waals surface area contributed by atoms with E-state index < -0.39 is 5.66 Å². The maximum Gasteiger partial charge on any atom is 0.181 e. The molecule has 2 N–H and O–H groups in total. The molecule has 3 heteroatoms. The zero-order chi connectivity index (χ0) is 14.4. The summed E-state index contributed by atoms with van der Waals surface area (Å²) in [4.78, 5) is 1.74. The van der Waals surface area contributed by atoms with Crippen LogP contribution >= 0.6 is 0 Å². The molecule has 1 aliphatic heterocycles. The molecule has 4 rings (SSSR count). The van der Waals surface area contributed by atoms with Crippen LogP contribution in [0.15, 0.2) is 42.5 Å². The van der Waals surface area contributed by atoms with Crippen LogP contribution in [0.4, 0.5) is 0 Å². The molecular formula is C18H17N3. The van der Waals surface area contributed by atoms with E-state index in [-0.39, 0.29) is 0 Å². The van der Waals surface area contributed by atoms with E-state index in [9.17, 15) is 5.26 Å². The number of fused-ring (bicyclic) bond motifs is 3. The van der Waals surface area contributed by atoms with Crippen molar-refractivity contribution in [1.29, 1.82) is 5.26 Å². The number of nitrogens with zero attached hydrogens (tertiary/aromatic N) is 2. The number of nitriles is 1. The maximum absolute atomic E-state index is 9.38. The minimum absolute atomic E-state index is 0.637. The molecule has 1 aliphatic carbocycles. The van der Waals surface area contributed by atoms with Gasteiger partial charge in [0.15, 0.2) is 6.19 Å². The predicted molar refractivity (Wildman–Crippen MR) is 82.1 cm³/mol. The highest BCUT2D eigenvalue weighted by Gasteiger charge is 2.41. The molecule has 0 aromatic heterocycles. The minimum Gasteiger partial charge on any atom is -0.304 e. The van der Waals surface area contributed by atoms with Crippen LogP contribution in [0.2, 0.25) is 0 Å². The Kier molecular flexibility index (Phi) is 2.57. The van der Waals surface area contributed by atoms with Gasteiger partial charge in [-0.3, -0.25) is 4.90 Å². The molecule has 1 heterocycles. The van der Waals surface area contributed by atoms with Crippen LogP contribution < -0.4 is 5.73 Å². The van der Waals surface area contributed by atoms with Gasteiger partial charge in [-0.1, -0.05) is 42.5 Å². The molecule has 2 aromatic carbocycles. The zero-order valence-electron chi connectivity index (χ0n) is 11.8. The van der Waals surface area contributed by atoms with E-state index in [0.717, 1.165) is 31.4 Å². The fourth-order valence-electron chi connectivity index (χ4n) is 3.82. The summed E-state index contributed by atoms with van der Waals surface area (Å²) in [7, 11) is 0. The van der Waals surface area contributed by atoms with Crippen LogP contribution in [0.5, 0.6) is 0 Å². The van der Waals surface area contributed by atoms with Gasteiger partial charge < -0.3 is 5.73 Å². The highest BCUT2D eigenvalue weighted by molar-refractivity contribution is 5.78. The van der Waals surface area contributed by atoms with Gasteiger partial charge in [-0.15, -0.1) is 0 Å². The summed E-state index contributed by atoms with van der Waals surface area (Å²) in [5.74, 6) is 0. The van der Waals surface area contributed by atoms with Gasteiger partial charge in [0.2, 0.25) is 0 Å². The molecule has 1 fully saturated rings. The van der Waals surface area contributed by atoms with Crippen LogP contribution in [0.3, 0.4) is 0 Å². The van der Waals surface area contributed by atoms with Gasteiger partial charge in [0.25, 0.3) is 0 Å². The highest BCUT2D eigenvalue weighted by Crippen LogP contribution is 2.43. The number of hydrogen-bond donors (Lipinski definition) is 1. The van der Waals surface area contributed by atoms with Crippen LogP contribution in [0, 0.1) is 11.5 Å². The molecule has 0 saturated carbocycles. The van der Waals surface area contributed by atoms with Gasteiger partial charge in [-0.05, 0) is 47.1 Å². The highest BCUT2D eigenvalue weighted by atomic mass is 15.3. The lowest BCUT2D eigenvalue weighted by atomic mass is 9.90. The molecule has 2 aromatic rings. The molecule has 0 bridgehead atoms. The minimum atomic E-state index is -0.637. The Labute approximate surface area is 124 Å². The third-order valence-corrected chi connectivity index (χ3v) is 4.86. The number of likely N-dealkylation sites (tertiary alicyclic amines) is 1. The van der Waals surface area contributed by atoms with Crippen molar-refractivity contribution in [3.63, 3.8) is 0 Å². The Bertz CT molecular complexity index is 759. The Morgan fingerprint density at radius 1 is 1.10 bits per heavy atom. The fraction of sp³-hybridized carbons (Fsp3) is 0.278. The van der Waals surface area contributed by atoms with E-state index in [4.69, 9.17) is 5.73 Å². The fourth-order valence-corrected chi connectivity index (χ4v) is 3.82. The van der Waals surface area contributed by atoms with Gasteiger partial charge >= 0.3 is 0 Å². The third kappa shape index (κ3) is 1.63. The number of nitrogens with two attached hydrogens (primary N) is 1.